The Hall–Kier alpha value is -4.88. The lowest BCUT2D eigenvalue weighted by molar-refractivity contribution is -0.137. The molecule has 6 aromatic rings. The van der Waals surface area contributed by atoms with Crippen molar-refractivity contribution in [2.45, 2.75) is 31.7 Å². The first-order chi connectivity index (χ1) is 22.2. The Morgan fingerprint density at radius 1 is 1.02 bits per heavy atom. The van der Waals surface area contributed by atoms with Crippen LogP contribution in [0, 0.1) is 0 Å². The predicted molar refractivity (Wildman–Crippen MR) is 168 cm³/mol. The van der Waals surface area contributed by atoms with E-state index < -0.39 is 11.7 Å². The number of fused-ring (bicyclic) bond motifs is 2. The van der Waals surface area contributed by atoms with Crippen molar-refractivity contribution < 1.29 is 22.6 Å². The second-order valence-corrected chi connectivity index (χ2v) is 11.4. The zero-order valence-corrected chi connectivity index (χ0v) is 25.3. The van der Waals surface area contributed by atoms with E-state index in [2.05, 4.69) is 25.4 Å². The number of anilines is 3. The highest BCUT2D eigenvalue weighted by Crippen LogP contribution is 2.39. The molecule has 0 atom stereocenters. The molecule has 1 aliphatic heterocycles. The molecule has 0 radical (unpaired) electrons. The molecule has 14 heteroatoms. The largest absolute Gasteiger partial charge is 0.450 e. The van der Waals surface area contributed by atoms with Crippen LogP contribution in [-0.4, -0.2) is 48.3 Å². The van der Waals surface area contributed by atoms with Crippen molar-refractivity contribution in [3.05, 3.63) is 95.7 Å². The van der Waals surface area contributed by atoms with Crippen LogP contribution in [0.2, 0.25) is 5.02 Å². The van der Waals surface area contributed by atoms with Crippen LogP contribution in [-0.2, 0) is 24.6 Å². The van der Waals surface area contributed by atoms with Crippen molar-refractivity contribution in [1.82, 2.24) is 29.1 Å². The Balaban J connectivity index is 1.11. The number of benzene rings is 2. The normalized spacial score (nSPS) is 14.3. The van der Waals surface area contributed by atoms with Crippen molar-refractivity contribution in [3.63, 3.8) is 0 Å². The summed E-state index contributed by atoms with van der Waals surface area (Å²) in [6, 6.07) is 13.9. The fraction of sp³-hybridized carbons (Fsp3) is 0.250. The van der Waals surface area contributed by atoms with E-state index >= 15 is 0 Å². The van der Waals surface area contributed by atoms with E-state index in [1.807, 2.05) is 35.2 Å². The minimum Gasteiger partial charge on any atom is -0.450 e. The van der Waals surface area contributed by atoms with Gasteiger partial charge in [0.15, 0.2) is 17.1 Å². The molecule has 0 aliphatic carbocycles. The zero-order chi connectivity index (χ0) is 31.8. The number of halogens is 4. The average Bonchev–Trinajstić information content (AvgIpc) is 3.62. The summed E-state index contributed by atoms with van der Waals surface area (Å²) in [4.78, 5) is 15.0. The van der Waals surface area contributed by atoms with Crippen molar-refractivity contribution in [3.8, 4) is 11.5 Å². The fourth-order valence-corrected chi connectivity index (χ4v) is 5.83. The summed E-state index contributed by atoms with van der Waals surface area (Å²) in [6.45, 7) is 1.64. The van der Waals surface area contributed by atoms with Gasteiger partial charge in [0.2, 0.25) is 5.95 Å². The Kier molecular flexibility index (Phi) is 7.87. The van der Waals surface area contributed by atoms with E-state index in [0.717, 1.165) is 11.6 Å². The molecule has 10 nitrogen and oxygen atoms in total. The zero-order valence-electron chi connectivity index (χ0n) is 24.6. The third-order valence-electron chi connectivity index (χ3n) is 7.95. The molecule has 2 aromatic carbocycles. The third kappa shape index (κ3) is 6.03. The van der Waals surface area contributed by atoms with Crippen LogP contribution in [0.25, 0.3) is 16.7 Å². The summed E-state index contributed by atoms with van der Waals surface area (Å²) < 4.78 is 57.4. The molecule has 4 aromatic heterocycles. The molecule has 0 saturated carbocycles. The summed E-state index contributed by atoms with van der Waals surface area (Å²) in [7, 11) is 1.70. The van der Waals surface area contributed by atoms with Gasteiger partial charge in [0, 0.05) is 43.9 Å². The number of hydrogen-bond acceptors (Lipinski definition) is 8. The minimum atomic E-state index is -4.54. The molecule has 7 rings (SSSR count). The van der Waals surface area contributed by atoms with E-state index in [1.165, 1.54) is 12.3 Å². The number of rotatable bonds is 8. The van der Waals surface area contributed by atoms with Crippen LogP contribution < -0.4 is 15.0 Å². The first kappa shape index (κ1) is 29.8. The minimum absolute atomic E-state index is 0.0375. The van der Waals surface area contributed by atoms with Gasteiger partial charge in [0.05, 0.1) is 36.9 Å². The molecule has 1 fully saturated rings. The van der Waals surface area contributed by atoms with Crippen molar-refractivity contribution in [2.24, 2.45) is 7.05 Å². The predicted octanol–water partition coefficient (Wildman–Crippen LogP) is 7.40. The summed E-state index contributed by atoms with van der Waals surface area (Å²) >= 11 is 6.75. The van der Waals surface area contributed by atoms with E-state index in [1.54, 1.807) is 47.0 Å². The van der Waals surface area contributed by atoms with Crippen molar-refractivity contribution in [1.29, 1.82) is 0 Å². The van der Waals surface area contributed by atoms with Gasteiger partial charge in [-0.15, -0.1) is 0 Å². The Bertz CT molecular complexity index is 2010. The van der Waals surface area contributed by atoms with Gasteiger partial charge >= 0.3 is 6.18 Å². The lowest BCUT2D eigenvalue weighted by Crippen LogP contribution is -2.37. The number of alkyl halides is 3. The summed E-state index contributed by atoms with van der Waals surface area (Å²) in [5, 5.41) is 7.53. The van der Waals surface area contributed by atoms with E-state index in [4.69, 9.17) is 21.1 Å². The monoisotopic (exact) mass is 648 g/mol. The van der Waals surface area contributed by atoms with Gasteiger partial charge in [-0.1, -0.05) is 41.9 Å². The second-order valence-electron chi connectivity index (χ2n) is 11.0. The molecular formula is C32H28ClF3N8O2. The Morgan fingerprint density at radius 2 is 1.83 bits per heavy atom. The molecule has 0 spiro atoms. The highest BCUT2D eigenvalue weighted by Gasteiger charge is 2.32. The van der Waals surface area contributed by atoms with Gasteiger partial charge in [0.25, 0.3) is 0 Å². The van der Waals surface area contributed by atoms with Crippen LogP contribution in [0.1, 0.15) is 24.0 Å². The van der Waals surface area contributed by atoms with Crippen LogP contribution in [0.5, 0.6) is 11.5 Å². The molecule has 5 heterocycles. The number of nitrogens with zero attached hydrogens (tertiary/aromatic N) is 7. The number of imidazole rings is 1. The standard InChI is InChI=1S/C32H28ClF3N8O2/c1-42-29-28(33)27(46-26-18-39-44-12-9-37-16-25(26)44)17-38-30(29)41-31(42)40-22-13-21(32(34,35)36)14-23(15-22)43-10-7-24(8-11-43)45-19-20-5-3-2-4-6-20/h2-6,9,12-18,24H,7-8,10-11,19H2,1H3,(H,38,40,41). The Labute approximate surface area is 266 Å². The van der Waals surface area contributed by atoms with Crippen LogP contribution >= 0.6 is 11.6 Å². The highest BCUT2D eigenvalue weighted by atomic mass is 35.5. The number of piperidine rings is 1. The maximum absolute atomic E-state index is 14.0. The molecule has 46 heavy (non-hydrogen) atoms. The van der Waals surface area contributed by atoms with Gasteiger partial charge in [-0.3, -0.25) is 4.98 Å². The molecular weight excluding hydrogens is 621 g/mol. The maximum atomic E-state index is 14.0. The average molecular weight is 649 g/mol. The number of pyridine rings is 1. The highest BCUT2D eigenvalue weighted by molar-refractivity contribution is 6.36. The van der Waals surface area contributed by atoms with Crippen molar-refractivity contribution in [2.75, 3.05) is 23.3 Å². The number of aromatic nitrogens is 6. The maximum Gasteiger partial charge on any atom is 0.416 e. The van der Waals surface area contributed by atoms with Gasteiger partial charge in [-0.05, 0) is 36.6 Å². The van der Waals surface area contributed by atoms with Crippen LogP contribution in [0.4, 0.5) is 30.5 Å². The first-order valence-corrected chi connectivity index (χ1v) is 15.0. The second kappa shape index (κ2) is 12.1. The molecule has 0 unspecified atom stereocenters. The summed E-state index contributed by atoms with van der Waals surface area (Å²) in [5.41, 5.74) is 2.41. The quantitative estimate of drug-likeness (QED) is 0.182. The van der Waals surface area contributed by atoms with Crippen LogP contribution in [0.3, 0.4) is 0 Å². The first-order valence-electron chi connectivity index (χ1n) is 14.6. The van der Waals surface area contributed by atoms with Crippen LogP contribution in [0.15, 0.2) is 79.5 Å². The third-order valence-corrected chi connectivity index (χ3v) is 8.32. The molecule has 1 aliphatic rings. The van der Waals surface area contributed by atoms with Gasteiger partial charge in [-0.2, -0.15) is 23.3 Å². The van der Waals surface area contributed by atoms with E-state index in [0.29, 0.717) is 60.7 Å². The smallest absolute Gasteiger partial charge is 0.416 e. The molecule has 0 amide bonds. The lowest BCUT2D eigenvalue weighted by Gasteiger charge is -2.34. The van der Waals surface area contributed by atoms with Gasteiger partial charge in [-0.25, -0.2) is 9.50 Å². The Morgan fingerprint density at radius 3 is 2.61 bits per heavy atom. The fourth-order valence-electron chi connectivity index (χ4n) is 5.53. The molecule has 0 bridgehead atoms. The lowest BCUT2D eigenvalue weighted by atomic mass is 10.1. The van der Waals surface area contributed by atoms with Crippen molar-refractivity contribution >= 4 is 45.6 Å². The van der Waals surface area contributed by atoms with E-state index in [9.17, 15) is 13.2 Å². The molecule has 1 saturated heterocycles. The molecule has 236 valence electrons. The van der Waals surface area contributed by atoms with Gasteiger partial charge in [0.1, 0.15) is 16.1 Å². The number of ether oxygens (including phenoxy) is 2. The van der Waals surface area contributed by atoms with E-state index in [-0.39, 0.29) is 28.5 Å². The number of nitrogens with one attached hydrogen (secondary N) is 1. The SMILES string of the molecule is Cn1c(Nc2cc(N3CCC(OCc4ccccc4)CC3)cc(C(F)(F)F)c2)nc2ncc(Oc3cnn4ccncc34)c(Cl)c21. The molecule has 1 N–H and O–H groups in total. The number of aryl methyl sites for hydroxylation is 1. The number of hydrogen-bond donors (Lipinski definition) is 1. The summed E-state index contributed by atoms with van der Waals surface area (Å²) in [5.74, 6) is 0.958. The van der Waals surface area contributed by atoms with Gasteiger partial charge < -0.3 is 24.3 Å². The topological polar surface area (TPSA) is 94.6 Å². The summed E-state index contributed by atoms with van der Waals surface area (Å²) in [6.07, 6.45) is 4.79.